The number of carbonyl (C=O) groups is 2. The summed E-state index contributed by atoms with van der Waals surface area (Å²) in [6.45, 7) is 11.9. The molecule has 1 fully saturated rings. The summed E-state index contributed by atoms with van der Waals surface area (Å²) in [5, 5.41) is 0. The van der Waals surface area contributed by atoms with Crippen molar-refractivity contribution in [2.24, 2.45) is 17.4 Å². The number of rotatable bonds is 15. The molecule has 0 aliphatic carbocycles. The third-order valence-electron chi connectivity index (χ3n) is 6.46. The Balaban J connectivity index is 2.52. The summed E-state index contributed by atoms with van der Waals surface area (Å²) in [4.78, 5) is 22.5. The summed E-state index contributed by atoms with van der Waals surface area (Å²) >= 11 is 0. The van der Waals surface area contributed by atoms with E-state index in [0.717, 1.165) is 19.3 Å². The van der Waals surface area contributed by atoms with Crippen LogP contribution in [0.2, 0.25) is 0 Å². The maximum absolute atomic E-state index is 11.3. The van der Waals surface area contributed by atoms with E-state index < -0.39 is 23.4 Å². The molecule has 7 nitrogen and oxygen atoms in total. The van der Waals surface area contributed by atoms with Crippen molar-refractivity contribution >= 4 is 12.2 Å². The van der Waals surface area contributed by atoms with Gasteiger partial charge >= 0.3 is 12.2 Å². The molecular weight excluding hydrogens is 384 g/mol. The van der Waals surface area contributed by atoms with E-state index in [1.807, 2.05) is 33.8 Å². The van der Waals surface area contributed by atoms with Gasteiger partial charge in [0, 0.05) is 6.42 Å². The Kier molecular flexibility index (Phi) is 10.4. The second kappa shape index (κ2) is 12.0. The van der Waals surface area contributed by atoms with Gasteiger partial charge in [0.15, 0.2) is 0 Å². The number of epoxide rings is 1. The third-order valence-corrected chi connectivity index (χ3v) is 6.46. The first-order valence-corrected chi connectivity index (χ1v) is 11.1. The Morgan fingerprint density at radius 1 is 1.03 bits per heavy atom. The fraction of sp³-hybridized carbons (Fsp3) is 0.739. The molecule has 30 heavy (non-hydrogen) atoms. The Morgan fingerprint density at radius 3 is 2.10 bits per heavy atom. The molecule has 0 spiro atoms. The lowest BCUT2D eigenvalue weighted by Crippen LogP contribution is -2.42. The van der Waals surface area contributed by atoms with Crippen molar-refractivity contribution in [3.8, 4) is 0 Å². The predicted molar refractivity (Wildman–Crippen MR) is 118 cm³/mol. The molecule has 172 valence electrons. The molecule has 3 atom stereocenters. The first kappa shape index (κ1) is 26.0. The highest BCUT2D eigenvalue weighted by Crippen LogP contribution is 2.42. The fourth-order valence-electron chi connectivity index (χ4n) is 4.10. The van der Waals surface area contributed by atoms with Gasteiger partial charge in [-0.05, 0) is 50.9 Å². The molecule has 7 heteroatoms. The summed E-state index contributed by atoms with van der Waals surface area (Å²) in [6, 6.07) is 0. The second-order valence-corrected chi connectivity index (χ2v) is 8.08. The lowest BCUT2D eigenvalue weighted by atomic mass is 9.88. The average molecular weight is 425 g/mol. The van der Waals surface area contributed by atoms with Crippen LogP contribution >= 0.6 is 0 Å². The molecule has 4 N–H and O–H groups in total. The zero-order chi connectivity index (χ0) is 22.8. The van der Waals surface area contributed by atoms with E-state index >= 15 is 0 Å². The van der Waals surface area contributed by atoms with E-state index in [4.69, 9.17) is 25.7 Å². The van der Waals surface area contributed by atoms with Crippen LogP contribution < -0.4 is 11.5 Å². The first-order chi connectivity index (χ1) is 14.2. The number of hydrogen-bond acceptors (Lipinski definition) is 5. The molecule has 1 saturated heterocycles. The standard InChI is InChI=1S/C23H40N2O5/c1-6-17(13-11-12-16-22(7-2,8-3)29-20(24)26)14-15-18-19(28-18)23(9-4,10-5)30-21(25)27/h6,11-12,17-19H,1,7-10,13-16H2,2-5H3,(H2,24,26)(H2,25,27)/b12-11+. The van der Waals surface area contributed by atoms with Crippen LogP contribution in [0.3, 0.4) is 0 Å². The summed E-state index contributed by atoms with van der Waals surface area (Å²) in [6.07, 6.45) is 10.7. The van der Waals surface area contributed by atoms with Crippen LogP contribution in [0, 0.1) is 5.92 Å². The largest absolute Gasteiger partial charge is 0.443 e. The molecule has 0 aromatic rings. The van der Waals surface area contributed by atoms with E-state index in [9.17, 15) is 9.59 Å². The molecule has 0 saturated carbocycles. The zero-order valence-corrected chi connectivity index (χ0v) is 19.0. The molecule has 1 heterocycles. The van der Waals surface area contributed by atoms with Gasteiger partial charge in [0.25, 0.3) is 0 Å². The minimum Gasteiger partial charge on any atom is -0.443 e. The Labute approximate surface area is 181 Å². The van der Waals surface area contributed by atoms with E-state index in [1.54, 1.807) is 0 Å². The zero-order valence-electron chi connectivity index (χ0n) is 19.0. The van der Waals surface area contributed by atoms with Crippen LogP contribution in [-0.4, -0.2) is 35.6 Å². The van der Waals surface area contributed by atoms with Gasteiger partial charge in [-0.2, -0.15) is 0 Å². The van der Waals surface area contributed by atoms with Crippen molar-refractivity contribution in [3.05, 3.63) is 24.8 Å². The molecule has 1 rings (SSSR count). The van der Waals surface area contributed by atoms with Gasteiger partial charge in [-0.1, -0.05) is 45.9 Å². The van der Waals surface area contributed by atoms with Crippen molar-refractivity contribution in [1.82, 2.24) is 0 Å². The van der Waals surface area contributed by atoms with Crippen LogP contribution in [0.4, 0.5) is 9.59 Å². The normalized spacial score (nSPS) is 20.0. The second-order valence-electron chi connectivity index (χ2n) is 8.08. The van der Waals surface area contributed by atoms with Crippen molar-refractivity contribution in [1.29, 1.82) is 0 Å². The molecule has 3 unspecified atom stereocenters. The van der Waals surface area contributed by atoms with Gasteiger partial charge in [0.1, 0.15) is 17.3 Å². The van der Waals surface area contributed by atoms with Crippen LogP contribution in [0.15, 0.2) is 24.8 Å². The number of amides is 2. The Bertz CT molecular complexity index is 596. The quantitative estimate of drug-likeness (QED) is 0.284. The van der Waals surface area contributed by atoms with Crippen LogP contribution in [-0.2, 0) is 14.2 Å². The van der Waals surface area contributed by atoms with Crippen molar-refractivity contribution < 1.29 is 23.8 Å². The smallest absolute Gasteiger partial charge is 0.405 e. The lowest BCUT2D eigenvalue weighted by Gasteiger charge is -2.29. The van der Waals surface area contributed by atoms with Gasteiger partial charge in [0.2, 0.25) is 0 Å². The number of carbonyl (C=O) groups excluding carboxylic acids is 2. The van der Waals surface area contributed by atoms with E-state index in [-0.39, 0.29) is 12.2 Å². The number of hydrogen-bond donors (Lipinski definition) is 2. The van der Waals surface area contributed by atoms with Crippen LogP contribution in [0.25, 0.3) is 0 Å². The van der Waals surface area contributed by atoms with Gasteiger partial charge in [-0.15, -0.1) is 6.58 Å². The minimum atomic E-state index is -0.752. The molecule has 2 amide bonds. The molecular formula is C23H40N2O5. The highest BCUT2D eigenvalue weighted by atomic mass is 16.6. The van der Waals surface area contributed by atoms with Crippen molar-refractivity contribution in [2.75, 3.05) is 0 Å². The summed E-state index contributed by atoms with van der Waals surface area (Å²) < 4.78 is 16.6. The van der Waals surface area contributed by atoms with Crippen LogP contribution in [0.5, 0.6) is 0 Å². The highest BCUT2D eigenvalue weighted by molar-refractivity contribution is 5.65. The number of primary amides is 2. The molecule has 1 aliphatic rings. The van der Waals surface area contributed by atoms with Crippen molar-refractivity contribution in [2.45, 2.75) is 102 Å². The number of allylic oxidation sites excluding steroid dienone is 2. The van der Waals surface area contributed by atoms with Gasteiger partial charge in [-0.25, -0.2) is 9.59 Å². The maximum atomic E-state index is 11.3. The lowest BCUT2D eigenvalue weighted by molar-refractivity contribution is -0.0117. The first-order valence-electron chi connectivity index (χ1n) is 11.1. The van der Waals surface area contributed by atoms with Gasteiger partial charge in [-0.3, -0.25) is 0 Å². The Hall–Kier alpha value is -2.02. The highest BCUT2D eigenvalue weighted by Gasteiger charge is 2.55. The molecule has 0 radical (unpaired) electrons. The third kappa shape index (κ3) is 7.35. The van der Waals surface area contributed by atoms with E-state index in [0.29, 0.717) is 38.0 Å². The van der Waals surface area contributed by atoms with Gasteiger partial charge < -0.3 is 25.7 Å². The van der Waals surface area contributed by atoms with Crippen molar-refractivity contribution in [3.63, 3.8) is 0 Å². The summed E-state index contributed by atoms with van der Waals surface area (Å²) in [7, 11) is 0. The number of ether oxygens (including phenoxy) is 3. The molecule has 0 aromatic carbocycles. The van der Waals surface area contributed by atoms with Gasteiger partial charge in [0.05, 0.1) is 6.10 Å². The SMILES string of the molecule is C=CC(C/C=C/CC(CC)(CC)OC(N)=O)CCC1OC1C(CC)(CC)OC(N)=O. The predicted octanol–water partition coefficient (Wildman–Crippen LogP) is 4.98. The van der Waals surface area contributed by atoms with Crippen LogP contribution in [0.1, 0.15) is 79.1 Å². The number of nitrogens with two attached hydrogens (primary N) is 2. The summed E-state index contributed by atoms with van der Waals surface area (Å²) in [5.74, 6) is 0.315. The topological polar surface area (TPSA) is 117 Å². The maximum Gasteiger partial charge on any atom is 0.405 e. The molecule has 0 bridgehead atoms. The summed E-state index contributed by atoms with van der Waals surface area (Å²) in [5.41, 5.74) is 9.31. The monoisotopic (exact) mass is 424 g/mol. The molecule has 0 aromatic heterocycles. The Morgan fingerprint density at radius 2 is 1.63 bits per heavy atom. The minimum absolute atomic E-state index is 0.0764. The molecule has 1 aliphatic heterocycles. The van der Waals surface area contributed by atoms with E-state index in [1.165, 1.54) is 0 Å². The van der Waals surface area contributed by atoms with E-state index in [2.05, 4.69) is 18.7 Å². The average Bonchev–Trinajstić information content (AvgIpc) is 3.50. The fourth-order valence-corrected chi connectivity index (χ4v) is 4.10.